The second-order valence-electron chi connectivity index (χ2n) is 6.41. The first-order chi connectivity index (χ1) is 10.2. The van der Waals surface area contributed by atoms with Crippen molar-refractivity contribution in [1.82, 2.24) is 4.90 Å². The Hall–Kier alpha value is -1.00. The van der Waals surface area contributed by atoms with Crippen LogP contribution in [0, 0.1) is 17.6 Å². The number of rotatable bonds is 3. The van der Waals surface area contributed by atoms with Gasteiger partial charge in [-0.15, -0.1) is 0 Å². The average Bonchev–Trinajstić information content (AvgIpc) is 2.90. The molecule has 1 N–H and O–H groups in total. The first-order valence-electron chi connectivity index (χ1n) is 8.02. The van der Waals surface area contributed by atoms with E-state index in [4.69, 9.17) is 0 Å². The van der Waals surface area contributed by atoms with Crippen molar-refractivity contribution in [3.05, 3.63) is 35.4 Å². The Kier molecular flexibility index (Phi) is 4.55. The minimum Gasteiger partial charge on any atom is -0.393 e. The zero-order valence-corrected chi connectivity index (χ0v) is 12.3. The van der Waals surface area contributed by atoms with Crippen molar-refractivity contribution in [2.45, 2.75) is 57.2 Å². The van der Waals surface area contributed by atoms with Crippen molar-refractivity contribution < 1.29 is 13.9 Å². The highest BCUT2D eigenvalue weighted by Crippen LogP contribution is 2.36. The van der Waals surface area contributed by atoms with Crippen LogP contribution in [0.1, 0.15) is 44.1 Å². The van der Waals surface area contributed by atoms with E-state index in [9.17, 15) is 13.9 Å². The maximum atomic E-state index is 13.9. The standard InChI is InChI=1S/C17H23F2NO/c18-14-7-3-5-12(17(14)19)11-20-10-2-1-8-15(20)13-6-4-9-16(13)21/h3,5,7,13,15-16,21H,1-2,4,6,8-11H2. The molecule has 0 aromatic heterocycles. The average molecular weight is 295 g/mol. The molecular weight excluding hydrogens is 272 g/mol. The lowest BCUT2D eigenvalue weighted by molar-refractivity contribution is 0.0307. The van der Waals surface area contributed by atoms with Gasteiger partial charge in [-0.25, -0.2) is 8.78 Å². The van der Waals surface area contributed by atoms with Crippen molar-refractivity contribution in [3.8, 4) is 0 Å². The van der Waals surface area contributed by atoms with Gasteiger partial charge in [0.25, 0.3) is 0 Å². The van der Waals surface area contributed by atoms with Crippen LogP contribution in [0.5, 0.6) is 0 Å². The molecule has 116 valence electrons. The normalized spacial score (nSPS) is 30.7. The van der Waals surface area contributed by atoms with Crippen molar-refractivity contribution in [1.29, 1.82) is 0 Å². The first-order valence-corrected chi connectivity index (χ1v) is 8.02. The molecule has 1 saturated heterocycles. The van der Waals surface area contributed by atoms with Crippen LogP contribution in [0.25, 0.3) is 0 Å². The van der Waals surface area contributed by atoms with E-state index in [0.717, 1.165) is 51.1 Å². The molecule has 1 aromatic rings. The molecule has 0 amide bonds. The second kappa shape index (κ2) is 6.41. The van der Waals surface area contributed by atoms with Gasteiger partial charge in [-0.1, -0.05) is 25.0 Å². The van der Waals surface area contributed by atoms with Gasteiger partial charge in [-0.05, 0) is 38.3 Å². The lowest BCUT2D eigenvalue weighted by Crippen LogP contribution is -2.46. The summed E-state index contributed by atoms with van der Waals surface area (Å²) in [6, 6.07) is 4.69. The fourth-order valence-corrected chi connectivity index (χ4v) is 4.01. The number of aliphatic hydroxyl groups is 1. The molecule has 1 saturated carbocycles. The van der Waals surface area contributed by atoms with Gasteiger partial charge in [0.1, 0.15) is 0 Å². The van der Waals surface area contributed by atoms with E-state index in [1.165, 1.54) is 0 Å². The minimum absolute atomic E-state index is 0.229. The van der Waals surface area contributed by atoms with E-state index in [-0.39, 0.29) is 6.10 Å². The molecule has 2 nitrogen and oxygen atoms in total. The Morgan fingerprint density at radius 2 is 1.95 bits per heavy atom. The number of hydrogen-bond acceptors (Lipinski definition) is 2. The number of halogens is 2. The summed E-state index contributed by atoms with van der Waals surface area (Å²) in [6.45, 7) is 1.35. The van der Waals surface area contributed by atoms with Gasteiger partial charge in [0.15, 0.2) is 11.6 Å². The number of likely N-dealkylation sites (tertiary alicyclic amines) is 1. The predicted octanol–water partition coefficient (Wildman–Crippen LogP) is 3.48. The Labute approximate surface area is 124 Å². The van der Waals surface area contributed by atoms with Gasteiger partial charge in [0.05, 0.1) is 6.10 Å². The highest BCUT2D eigenvalue weighted by Gasteiger charge is 2.37. The van der Waals surface area contributed by atoms with Crippen LogP contribution < -0.4 is 0 Å². The molecule has 0 bridgehead atoms. The van der Waals surface area contributed by atoms with E-state index in [0.29, 0.717) is 24.1 Å². The molecule has 1 aliphatic heterocycles. The molecule has 21 heavy (non-hydrogen) atoms. The van der Waals surface area contributed by atoms with Crippen molar-refractivity contribution >= 4 is 0 Å². The van der Waals surface area contributed by atoms with Gasteiger partial charge in [-0.2, -0.15) is 0 Å². The Morgan fingerprint density at radius 3 is 2.71 bits per heavy atom. The van der Waals surface area contributed by atoms with Crippen molar-refractivity contribution in [2.75, 3.05) is 6.54 Å². The summed E-state index contributed by atoms with van der Waals surface area (Å²) >= 11 is 0. The topological polar surface area (TPSA) is 23.5 Å². The van der Waals surface area contributed by atoms with Crippen molar-refractivity contribution in [3.63, 3.8) is 0 Å². The van der Waals surface area contributed by atoms with E-state index < -0.39 is 11.6 Å². The zero-order chi connectivity index (χ0) is 14.8. The van der Waals surface area contributed by atoms with Gasteiger partial charge >= 0.3 is 0 Å². The van der Waals surface area contributed by atoms with Gasteiger partial charge < -0.3 is 5.11 Å². The summed E-state index contributed by atoms with van der Waals surface area (Å²) < 4.78 is 27.2. The predicted molar refractivity (Wildman–Crippen MR) is 77.8 cm³/mol. The van der Waals surface area contributed by atoms with Crippen LogP contribution in [-0.4, -0.2) is 28.7 Å². The van der Waals surface area contributed by atoms with Gasteiger partial charge in [0.2, 0.25) is 0 Å². The van der Waals surface area contributed by atoms with Crippen molar-refractivity contribution in [2.24, 2.45) is 5.92 Å². The van der Waals surface area contributed by atoms with Crippen LogP contribution in [0.2, 0.25) is 0 Å². The zero-order valence-electron chi connectivity index (χ0n) is 12.3. The molecule has 3 unspecified atom stereocenters. The monoisotopic (exact) mass is 295 g/mol. The number of nitrogens with zero attached hydrogens (tertiary/aromatic N) is 1. The van der Waals surface area contributed by atoms with E-state index >= 15 is 0 Å². The Balaban J connectivity index is 1.76. The summed E-state index contributed by atoms with van der Waals surface area (Å²) in [4.78, 5) is 2.25. The molecule has 0 spiro atoms. The molecule has 0 radical (unpaired) electrons. The third kappa shape index (κ3) is 3.11. The largest absolute Gasteiger partial charge is 0.393 e. The summed E-state index contributed by atoms with van der Waals surface area (Å²) in [5, 5.41) is 10.2. The Bertz CT molecular complexity index is 494. The minimum atomic E-state index is -0.776. The van der Waals surface area contributed by atoms with E-state index in [1.807, 2.05) is 0 Å². The highest BCUT2D eigenvalue weighted by molar-refractivity contribution is 5.19. The first kappa shape index (κ1) is 14.9. The smallest absolute Gasteiger partial charge is 0.163 e. The van der Waals surface area contributed by atoms with E-state index in [2.05, 4.69) is 4.90 Å². The third-order valence-corrected chi connectivity index (χ3v) is 5.10. The molecule has 3 rings (SSSR count). The van der Waals surface area contributed by atoms with Crippen LogP contribution in [0.4, 0.5) is 8.78 Å². The second-order valence-corrected chi connectivity index (χ2v) is 6.41. The molecule has 2 fully saturated rings. The fourth-order valence-electron chi connectivity index (χ4n) is 4.01. The molecule has 1 aromatic carbocycles. The number of aliphatic hydroxyl groups excluding tert-OH is 1. The third-order valence-electron chi connectivity index (χ3n) is 5.10. The summed E-state index contributed by atoms with van der Waals surface area (Å²) in [6.07, 6.45) is 6.08. The molecule has 3 atom stereocenters. The maximum Gasteiger partial charge on any atom is 0.163 e. The summed E-state index contributed by atoms with van der Waals surface area (Å²) in [7, 11) is 0. The number of hydrogen-bond donors (Lipinski definition) is 1. The summed E-state index contributed by atoms with van der Waals surface area (Å²) in [5.41, 5.74) is 0.425. The van der Waals surface area contributed by atoms with Gasteiger partial charge in [0, 0.05) is 24.1 Å². The number of piperidine rings is 1. The summed E-state index contributed by atoms with van der Waals surface area (Å²) in [5.74, 6) is -1.21. The molecule has 4 heteroatoms. The van der Waals surface area contributed by atoms with Crippen LogP contribution in [0.15, 0.2) is 18.2 Å². The number of benzene rings is 1. The fraction of sp³-hybridized carbons (Fsp3) is 0.647. The maximum absolute atomic E-state index is 13.9. The van der Waals surface area contributed by atoms with Gasteiger partial charge in [-0.3, -0.25) is 4.90 Å². The lowest BCUT2D eigenvalue weighted by atomic mass is 9.87. The molecule has 2 aliphatic rings. The quantitative estimate of drug-likeness (QED) is 0.923. The molecule has 1 heterocycles. The highest BCUT2D eigenvalue weighted by atomic mass is 19.2. The Morgan fingerprint density at radius 1 is 1.10 bits per heavy atom. The molecular formula is C17H23F2NO. The van der Waals surface area contributed by atoms with Crippen LogP contribution >= 0.6 is 0 Å². The van der Waals surface area contributed by atoms with Crippen LogP contribution in [-0.2, 0) is 6.54 Å². The van der Waals surface area contributed by atoms with Crippen LogP contribution in [0.3, 0.4) is 0 Å². The lowest BCUT2D eigenvalue weighted by Gasteiger charge is -2.40. The molecule has 1 aliphatic carbocycles. The van der Waals surface area contributed by atoms with E-state index in [1.54, 1.807) is 12.1 Å². The SMILES string of the molecule is OC1CCCC1C1CCCCN1Cc1cccc(F)c1F.